The number of aromatic amines is 1. The molecule has 1 unspecified atom stereocenters. The van der Waals surface area contributed by atoms with E-state index in [-0.39, 0.29) is 11.6 Å². The summed E-state index contributed by atoms with van der Waals surface area (Å²) in [5, 5.41) is 2.89. The van der Waals surface area contributed by atoms with E-state index in [0.29, 0.717) is 5.16 Å². The highest BCUT2D eigenvalue weighted by atomic mass is 32.2. The molecule has 0 saturated carbocycles. The van der Waals surface area contributed by atoms with Crippen molar-refractivity contribution in [2.24, 2.45) is 0 Å². The monoisotopic (exact) mass is 369 g/mol. The minimum Gasteiger partial charge on any atom is -0.337 e. The van der Waals surface area contributed by atoms with E-state index in [9.17, 15) is 9.18 Å². The number of carbonyl (C=O) groups excluding carboxylic acids is 1. The van der Waals surface area contributed by atoms with Crippen LogP contribution in [0.4, 0.5) is 10.1 Å². The number of halogens is 1. The number of nitrogens with zero attached hydrogens (tertiary/aromatic N) is 1. The molecule has 6 heteroatoms. The van der Waals surface area contributed by atoms with Crippen LogP contribution in [0, 0.1) is 12.7 Å². The van der Waals surface area contributed by atoms with Crippen LogP contribution in [0.2, 0.25) is 0 Å². The Hall–Kier alpha value is -2.60. The van der Waals surface area contributed by atoms with E-state index in [1.807, 2.05) is 25.1 Å². The molecule has 0 aliphatic carbocycles. The topological polar surface area (TPSA) is 57.8 Å². The molecule has 0 fully saturated rings. The molecule has 3 rings (SSSR count). The highest BCUT2D eigenvalue weighted by Gasteiger charge is 2.18. The van der Waals surface area contributed by atoms with Crippen LogP contribution in [0.15, 0.2) is 59.8 Å². The summed E-state index contributed by atoms with van der Waals surface area (Å²) in [6.07, 6.45) is 0.736. The SMILES string of the molecule is Cc1[nH]c(SC(C)C(=O)Nc2ccccc2F)nc1Cc1ccccc1. The largest absolute Gasteiger partial charge is 0.337 e. The summed E-state index contributed by atoms with van der Waals surface area (Å²) in [7, 11) is 0. The van der Waals surface area contributed by atoms with Crippen LogP contribution in [0.1, 0.15) is 23.9 Å². The van der Waals surface area contributed by atoms with Gasteiger partial charge in [0.1, 0.15) is 5.82 Å². The average Bonchev–Trinajstić information content (AvgIpc) is 2.96. The van der Waals surface area contributed by atoms with Gasteiger partial charge in [-0.3, -0.25) is 4.79 Å². The number of carbonyl (C=O) groups is 1. The van der Waals surface area contributed by atoms with Crippen molar-refractivity contribution in [1.82, 2.24) is 9.97 Å². The zero-order valence-electron chi connectivity index (χ0n) is 14.6. The number of hydrogen-bond donors (Lipinski definition) is 2. The van der Waals surface area contributed by atoms with Crippen molar-refractivity contribution in [2.45, 2.75) is 30.7 Å². The van der Waals surface area contributed by atoms with E-state index in [4.69, 9.17) is 0 Å². The minimum atomic E-state index is -0.447. The van der Waals surface area contributed by atoms with Crippen LogP contribution < -0.4 is 5.32 Å². The van der Waals surface area contributed by atoms with Gasteiger partial charge in [-0.05, 0) is 31.5 Å². The van der Waals surface area contributed by atoms with Gasteiger partial charge in [0, 0.05) is 12.1 Å². The van der Waals surface area contributed by atoms with Crippen molar-refractivity contribution in [3.8, 4) is 0 Å². The summed E-state index contributed by atoms with van der Waals surface area (Å²) in [5.41, 5.74) is 3.31. The number of benzene rings is 2. The van der Waals surface area contributed by atoms with Crippen molar-refractivity contribution in [3.63, 3.8) is 0 Å². The molecule has 1 heterocycles. The van der Waals surface area contributed by atoms with Gasteiger partial charge in [0.2, 0.25) is 5.91 Å². The zero-order chi connectivity index (χ0) is 18.5. The second-order valence-corrected chi connectivity index (χ2v) is 7.33. The molecule has 134 valence electrons. The Morgan fingerprint density at radius 3 is 2.62 bits per heavy atom. The third kappa shape index (κ3) is 4.52. The standard InChI is InChI=1S/C20H20FN3OS/c1-13-18(12-15-8-4-3-5-9-15)24-20(22-13)26-14(2)19(25)23-17-11-7-6-10-16(17)21/h3-11,14H,12H2,1-2H3,(H,22,24)(H,23,25). The number of hydrogen-bond acceptors (Lipinski definition) is 3. The van der Waals surface area contributed by atoms with E-state index in [2.05, 4.69) is 27.4 Å². The van der Waals surface area contributed by atoms with Gasteiger partial charge in [0.25, 0.3) is 0 Å². The van der Waals surface area contributed by atoms with Crippen LogP contribution in [0.5, 0.6) is 0 Å². The van der Waals surface area contributed by atoms with Crippen molar-refractivity contribution in [2.75, 3.05) is 5.32 Å². The van der Waals surface area contributed by atoms with Gasteiger partial charge in [-0.25, -0.2) is 9.37 Å². The fraction of sp³-hybridized carbons (Fsp3) is 0.200. The van der Waals surface area contributed by atoms with Gasteiger partial charge in [-0.2, -0.15) is 0 Å². The Balaban J connectivity index is 1.64. The number of anilines is 1. The number of H-pyrrole nitrogens is 1. The summed E-state index contributed by atoms with van der Waals surface area (Å²) in [5.74, 6) is -0.712. The van der Waals surface area contributed by atoms with Crippen molar-refractivity contribution in [3.05, 3.63) is 77.4 Å². The van der Waals surface area contributed by atoms with Crippen LogP contribution in [-0.2, 0) is 11.2 Å². The van der Waals surface area contributed by atoms with Gasteiger partial charge in [-0.1, -0.05) is 54.2 Å². The molecule has 1 atom stereocenters. The molecule has 0 aliphatic rings. The second-order valence-electron chi connectivity index (χ2n) is 6.01. The molecule has 1 amide bonds. The Kier molecular flexibility index (Phi) is 5.73. The fourth-order valence-corrected chi connectivity index (χ4v) is 3.38. The van der Waals surface area contributed by atoms with Crippen LogP contribution in [0.3, 0.4) is 0 Å². The first kappa shape index (κ1) is 18.2. The third-order valence-corrected chi connectivity index (χ3v) is 4.95. The first-order valence-corrected chi connectivity index (χ1v) is 9.22. The van der Waals surface area contributed by atoms with Crippen LogP contribution >= 0.6 is 11.8 Å². The molecule has 4 nitrogen and oxygen atoms in total. The predicted molar refractivity (Wildman–Crippen MR) is 103 cm³/mol. The van der Waals surface area contributed by atoms with Crippen LogP contribution in [0.25, 0.3) is 0 Å². The van der Waals surface area contributed by atoms with E-state index in [1.54, 1.807) is 25.1 Å². The number of imidazole rings is 1. The quantitative estimate of drug-likeness (QED) is 0.626. The lowest BCUT2D eigenvalue weighted by Gasteiger charge is -2.11. The van der Waals surface area contributed by atoms with Crippen molar-refractivity contribution >= 4 is 23.4 Å². The van der Waals surface area contributed by atoms with E-state index >= 15 is 0 Å². The lowest BCUT2D eigenvalue weighted by Crippen LogP contribution is -2.23. The maximum atomic E-state index is 13.7. The lowest BCUT2D eigenvalue weighted by molar-refractivity contribution is -0.115. The molecule has 0 bridgehead atoms. The summed E-state index contributed by atoms with van der Waals surface area (Å²) in [4.78, 5) is 20.1. The molecule has 0 spiro atoms. The molecule has 1 aromatic heterocycles. The number of para-hydroxylation sites is 1. The summed E-state index contributed by atoms with van der Waals surface area (Å²) < 4.78 is 13.7. The van der Waals surface area contributed by atoms with Crippen LogP contribution in [-0.4, -0.2) is 21.1 Å². The lowest BCUT2D eigenvalue weighted by atomic mass is 10.1. The normalized spacial score (nSPS) is 12.0. The molecule has 2 aromatic carbocycles. The average molecular weight is 369 g/mol. The molecular formula is C20H20FN3OS. The minimum absolute atomic E-state index is 0.186. The highest BCUT2D eigenvalue weighted by Crippen LogP contribution is 2.24. The van der Waals surface area contributed by atoms with Gasteiger partial charge in [0.05, 0.1) is 16.6 Å². The maximum absolute atomic E-state index is 13.7. The number of thioether (sulfide) groups is 1. The zero-order valence-corrected chi connectivity index (χ0v) is 15.4. The first-order valence-electron chi connectivity index (χ1n) is 8.34. The van der Waals surface area contributed by atoms with E-state index < -0.39 is 11.1 Å². The number of aryl methyl sites for hydroxylation is 1. The fourth-order valence-electron chi connectivity index (χ4n) is 2.50. The second kappa shape index (κ2) is 8.19. The van der Waals surface area contributed by atoms with Crippen molar-refractivity contribution < 1.29 is 9.18 Å². The van der Waals surface area contributed by atoms with E-state index in [0.717, 1.165) is 17.8 Å². The van der Waals surface area contributed by atoms with Crippen molar-refractivity contribution in [1.29, 1.82) is 0 Å². The predicted octanol–water partition coefficient (Wildman–Crippen LogP) is 4.57. The molecular weight excluding hydrogens is 349 g/mol. The molecule has 0 radical (unpaired) electrons. The van der Waals surface area contributed by atoms with Gasteiger partial charge in [-0.15, -0.1) is 0 Å². The molecule has 3 aromatic rings. The third-order valence-electron chi connectivity index (χ3n) is 3.97. The number of amides is 1. The van der Waals surface area contributed by atoms with Gasteiger partial charge in [0.15, 0.2) is 5.16 Å². The number of aromatic nitrogens is 2. The summed E-state index contributed by atoms with van der Waals surface area (Å²) in [6, 6.07) is 16.2. The van der Waals surface area contributed by atoms with E-state index in [1.165, 1.54) is 23.4 Å². The Bertz CT molecular complexity index is 895. The molecule has 26 heavy (non-hydrogen) atoms. The van der Waals surface area contributed by atoms with Gasteiger partial charge < -0.3 is 10.3 Å². The Morgan fingerprint density at radius 2 is 1.88 bits per heavy atom. The number of nitrogens with one attached hydrogen (secondary N) is 2. The van der Waals surface area contributed by atoms with Gasteiger partial charge >= 0.3 is 0 Å². The highest BCUT2D eigenvalue weighted by molar-refractivity contribution is 8.00. The molecule has 2 N–H and O–H groups in total. The molecule has 0 aliphatic heterocycles. The Labute approximate surface area is 156 Å². The molecule has 0 saturated heterocycles. The first-order chi connectivity index (χ1) is 12.5. The Morgan fingerprint density at radius 1 is 1.19 bits per heavy atom. The summed E-state index contributed by atoms with van der Waals surface area (Å²) >= 11 is 1.32. The summed E-state index contributed by atoms with van der Waals surface area (Å²) in [6.45, 7) is 3.75. The maximum Gasteiger partial charge on any atom is 0.237 e. The number of rotatable bonds is 6. The smallest absolute Gasteiger partial charge is 0.237 e.